The zero-order valence-electron chi connectivity index (χ0n) is 47.4. The van der Waals surface area contributed by atoms with Gasteiger partial charge in [-0.25, -0.2) is 39.9 Å². The van der Waals surface area contributed by atoms with E-state index in [9.17, 15) is 0 Å². The fourth-order valence-corrected chi connectivity index (χ4v) is 13.1. The molecule has 0 aliphatic heterocycles. The Labute approximate surface area is 508 Å². The first-order valence-corrected chi connectivity index (χ1v) is 29.7. The van der Waals surface area contributed by atoms with Crippen LogP contribution in [0.15, 0.2) is 291 Å². The third kappa shape index (κ3) is 8.93. The van der Waals surface area contributed by atoms with Gasteiger partial charge in [0.1, 0.15) is 0 Å². The van der Waals surface area contributed by atoms with Crippen molar-refractivity contribution in [1.29, 1.82) is 0 Å². The number of rotatable bonds is 10. The van der Waals surface area contributed by atoms with E-state index in [0.29, 0.717) is 23.3 Å². The zero-order valence-corrected chi connectivity index (χ0v) is 47.4. The summed E-state index contributed by atoms with van der Waals surface area (Å²) in [7, 11) is 0. The van der Waals surface area contributed by atoms with Crippen molar-refractivity contribution in [3.63, 3.8) is 0 Å². The van der Waals surface area contributed by atoms with Crippen molar-refractivity contribution in [2.45, 2.75) is 11.8 Å². The van der Waals surface area contributed by atoms with E-state index >= 15 is 0 Å². The molecule has 0 fully saturated rings. The topological polar surface area (TPSA) is 103 Å². The summed E-state index contributed by atoms with van der Waals surface area (Å²) >= 11 is 0. The van der Waals surface area contributed by atoms with E-state index in [4.69, 9.17) is 39.9 Å². The van der Waals surface area contributed by atoms with Crippen LogP contribution >= 0.6 is 0 Å². The van der Waals surface area contributed by atoms with Crippen LogP contribution in [0.1, 0.15) is 45.2 Å². The molecule has 2 bridgehead atoms. The van der Waals surface area contributed by atoms with Crippen molar-refractivity contribution in [1.82, 2.24) is 39.9 Å². The van der Waals surface area contributed by atoms with E-state index < -0.39 is 0 Å². The van der Waals surface area contributed by atoms with Crippen molar-refractivity contribution in [3.8, 4) is 113 Å². The van der Waals surface area contributed by atoms with Crippen molar-refractivity contribution < 1.29 is 0 Å². The number of hydrogen-bond donors (Lipinski definition) is 0. The zero-order chi connectivity index (χ0) is 58.1. The number of benzene rings is 11. The lowest BCUT2D eigenvalue weighted by atomic mass is 9.61. The Kier molecular flexibility index (Phi) is 12.2. The molecule has 0 N–H and O–H groups in total. The predicted octanol–water partition coefficient (Wildman–Crippen LogP) is 18.8. The average molecular weight is 1120 g/mol. The standard InChI is InChI=1S/C80H50N8/c1-5-21-49(22-6-1)69-47-71(53-29-19-31-55(43-53)79-81-67-37-17-15-35-63(67)75(87-79)51-25-9-3-10-26-51)85-77(83-69)57-39-41-61-65(45-57)73-59-33-13-14-34-60(59)74(61)66-46-58(40-42-62(66)73)78-84-70(50-23-7-2-8-24-50)48-72(86-78)54-30-20-32-56(44-54)80-82-68-38-18-16-36-64(68)76(88-80)52-27-11-4-12-28-52/h1-48,73-74H. The summed E-state index contributed by atoms with van der Waals surface area (Å²) in [4.78, 5) is 42.2. The molecule has 15 aromatic rings. The monoisotopic (exact) mass is 1120 g/mol. The van der Waals surface area contributed by atoms with Crippen LogP contribution in [-0.2, 0) is 0 Å². The number of nitrogens with zero attached hydrogens (tertiary/aromatic N) is 8. The quantitative estimate of drug-likeness (QED) is 0.133. The molecule has 0 radical (unpaired) electrons. The van der Waals surface area contributed by atoms with Gasteiger partial charge in [-0.15, -0.1) is 0 Å². The number of hydrogen-bond acceptors (Lipinski definition) is 8. The molecule has 3 aliphatic rings. The molecule has 4 aromatic heterocycles. The Hall–Kier alpha value is -11.7. The predicted molar refractivity (Wildman–Crippen MR) is 353 cm³/mol. The van der Waals surface area contributed by atoms with Crippen LogP contribution in [0.4, 0.5) is 0 Å². The van der Waals surface area contributed by atoms with Gasteiger partial charge in [-0.1, -0.05) is 243 Å². The Balaban J connectivity index is 0.754. The number of para-hydroxylation sites is 2. The summed E-state index contributed by atoms with van der Waals surface area (Å²) in [5.41, 5.74) is 24.3. The summed E-state index contributed by atoms with van der Waals surface area (Å²) in [6.07, 6.45) is 0. The average Bonchev–Trinajstić information content (AvgIpc) is 1.02. The molecule has 2 unspecified atom stereocenters. The minimum Gasteiger partial charge on any atom is -0.228 e. The van der Waals surface area contributed by atoms with Crippen LogP contribution in [0.2, 0.25) is 0 Å². The van der Waals surface area contributed by atoms with Crippen LogP contribution in [0.3, 0.4) is 0 Å². The van der Waals surface area contributed by atoms with Gasteiger partial charge in [-0.2, -0.15) is 0 Å². The minimum atomic E-state index is -0.0222. The molecule has 0 spiro atoms. The maximum atomic E-state index is 5.43. The summed E-state index contributed by atoms with van der Waals surface area (Å²) in [5, 5.41) is 2.02. The molecule has 8 heteroatoms. The van der Waals surface area contributed by atoms with Crippen LogP contribution in [0.5, 0.6) is 0 Å². The lowest BCUT2D eigenvalue weighted by Gasteiger charge is -2.42. The maximum absolute atomic E-state index is 5.43. The van der Waals surface area contributed by atoms with Gasteiger partial charge >= 0.3 is 0 Å². The van der Waals surface area contributed by atoms with E-state index in [1.807, 2.05) is 72.8 Å². The Bertz CT molecular complexity index is 4900. The molecule has 2 atom stereocenters. The van der Waals surface area contributed by atoms with Gasteiger partial charge in [-0.05, 0) is 81.9 Å². The number of fused-ring (bicyclic) bond motifs is 2. The van der Waals surface area contributed by atoms with Gasteiger partial charge in [0, 0.05) is 78.2 Å². The van der Waals surface area contributed by atoms with E-state index in [0.717, 1.165) is 112 Å². The molecule has 3 aliphatic carbocycles. The van der Waals surface area contributed by atoms with Gasteiger partial charge in [-0.3, -0.25) is 0 Å². The molecule has 0 amide bonds. The van der Waals surface area contributed by atoms with Crippen molar-refractivity contribution in [2.24, 2.45) is 0 Å². The van der Waals surface area contributed by atoms with Gasteiger partial charge < -0.3 is 0 Å². The Morgan fingerprint density at radius 1 is 0.182 bits per heavy atom. The molecular weight excluding hydrogens is 1070 g/mol. The first kappa shape index (κ1) is 50.7. The highest BCUT2D eigenvalue weighted by Crippen LogP contribution is 2.57. The first-order valence-electron chi connectivity index (χ1n) is 29.7. The highest BCUT2D eigenvalue weighted by Gasteiger charge is 2.41. The van der Waals surface area contributed by atoms with Crippen molar-refractivity contribution >= 4 is 21.8 Å². The molecule has 0 saturated heterocycles. The highest BCUT2D eigenvalue weighted by molar-refractivity contribution is 5.95. The molecular formula is C80H50N8. The molecule has 11 aromatic carbocycles. The summed E-state index contributed by atoms with van der Waals surface area (Å²) in [6, 6.07) is 102. The normalized spacial score (nSPS) is 13.7. The molecule has 8 nitrogen and oxygen atoms in total. The van der Waals surface area contributed by atoms with Gasteiger partial charge in [0.25, 0.3) is 0 Å². The van der Waals surface area contributed by atoms with Crippen molar-refractivity contribution in [2.75, 3.05) is 0 Å². The first-order chi connectivity index (χ1) is 43.6. The molecule has 18 rings (SSSR count). The van der Waals surface area contributed by atoms with Crippen LogP contribution in [-0.4, -0.2) is 39.9 Å². The second-order valence-electron chi connectivity index (χ2n) is 22.6. The smallest absolute Gasteiger partial charge is 0.160 e. The van der Waals surface area contributed by atoms with Gasteiger partial charge in [0.05, 0.1) is 45.2 Å². The Morgan fingerprint density at radius 3 is 0.909 bits per heavy atom. The second-order valence-corrected chi connectivity index (χ2v) is 22.6. The lowest BCUT2D eigenvalue weighted by Crippen LogP contribution is -2.27. The molecule has 0 saturated carbocycles. The molecule has 4 heterocycles. The van der Waals surface area contributed by atoms with Gasteiger partial charge in [0.15, 0.2) is 23.3 Å². The summed E-state index contributed by atoms with van der Waals surface area (Å²) < 4.78 is 0. The number of aromatic nitrogens is 8. The highest BCUT2D eigenvalue weighted by atomic mass is 14.9. The van der Waals surface area contributed by atoms with Crippen LogP contribution in [0.25, 0.3) is 135 Å². The second kappa shape index (κ2) is 21.1. The fourth-order valence-electron chi connectivity index (χ4n) is 13.1. The summed E-state index contributed by atoms with van der Waals surface area (Å²) in [5.74, 6) is 2.57. The third-order valence-electron chi connectivity index (χ3n) is 17.3. The lowest BCUT2D eigenvalue weighted by molar-refractivity contribution is 0.754. The SMILES string of the molecule is c1ccc(-c2cc(-c3cccc(-c4nc(-c5ccccc5)c5ccccc5n4)c3)nc(-c3ccc4c(c3)C3c5ccccc5C4c4cc(-c5nc(-c6ccccc6)cc(-c6cccc(-c7nc(-c8ccccc8)c8ccccc8n7)c6)n5)ccc43)n2)cc1. The van der Waals surface area contributed by atoms with E-state index in [1.54, 1.807) is 0 Å². The van der Waals surface area contributed by atoms with Crippen molar-refractivity contribution in [3.05, 3.63) is 325 Å². The molecule has 88 heavy (non-hydrogen) atoms. The van der Waals surface area contributed by atoms with Crippen LogP contribution < -0.4 is 0 Å². The largest absolute Gasteiger partial charge is 0.228 e. The Morgan fingerprint density at radius 2 is 0.489 bits per heavy atom. The third-order valence-corrected chi connectivity index (χ3v) is 17.3. The fraction of sp³-hybridized carbons (Fsp3) is 0.0250. The van der Waals surface area contributed by atoms with E-state index in [-0.39, 0.29) is 11.8 Å². The van der Waals surface area contributed by atoms with Crippen LogP contribution in [0, 0.1) is 0 Å². The summed E-state index contributed by atoms with van der Waals surface area (Å²) in [6.45, 7) is 0. The maximum Gasteiger partial charge on any atom is 0.160 e. The minimum absolute atomic E-state index is 0.0222. The van der Waals surface area contributed by atoms with E-state index in [2.05, 4.69) is 218 Å². The van der Waals surface area contributed by atoms with Gasteiger partial charge in [0.2, 0.25) is 0 Å². The molecule has 410 valence electrons. The van der Waals surface area contributed by atoms with E-state index in [1.165, 1.54) is 33.4 Å².